The Balaban J connectivity index is 2.69. The van der Waals surface area contributed by atoms with Gasteiger partial charge in [0.2, 0.25) is 0 Å². The van der Waals surface area contributed by atoms with Gasteiger partial charge in [0.15, 0.2) is 9.84 Å². The van der Waals surface area contributed by atoms with Gasteiger partial charge in [0, 0.05) is 16.6 Å². The van der Waals surface area contributed by atoms with Gasteiger partial charge in [0.05, 0.1) is 15.2 Å². The molecule has 0 bridgehead atoms. The first-order valence-corrected chi connectivity index (χ1v) is 9.07. The standard InChI is InChI=1S/C14H19Cl2NO2S/c1-4-7-17-13-8(2)9(3)20(18,19)14-11(16)6-5-10(15)12(13)14/h5-6,8-9,13,17H,4,7H2,1-3H3. The lowest BCUT2D eigenvalue weighted by molar-refractivity contribution is 0.359. The Morgan fingerprint density at radius 3 is 2.40 bits per heavy atom. The molecule has 3 unspecified atom stereocenters. The smallest absolute Gasteiger partial charge is 0.183 e. The fraction of sp³-hybridized carbons (Fsp3) is 0.571. The molecule has 0 radical (unpaired) electrons. The summed E-state index contributed by atoms with van der Waals surface area (Å²) in [6.07, 6.45) is 0.970. The third-order valence-electron chi connectivity index (χ3n) is 4.06. The molecule has 0 amide bonds. The van der Waals surface area contributed by atoms with E-state index in [0.29, 0.717) is 10.6 Å². The van der Waals surface area contributed by atoms with Gasteiger partial charge in [-0.15, -0.1) is 0 Å². The fourth-order valence-corrected chi connectivity index (χ4v) is 5.51. The highest BCUT2D eigenvalue weighted by Crippen LogP contribution is 2.46. The number of fused-ring (bicyclic) bond motifs is 1. The molecule has 1 N–H and O–H groups in total. The quantitative estimate of drug-likeness (QED) is 0.912. The zero-order chi connectivity index (χ0) is 15.1. The van der Waals surface area contributed by atoms with Crippen LogP contribution < -0.4 is 5.32 Å². The summed E-state index contributed by atoms with van der Waals surface area (Å²) < 4.78 is 25.3. The molecule has 0 aliphatic carbocycles. The molecule has 1 aromatic rings. The Hall–Kier alpha value is -0.290. The van der Waals surface area contributed by atoms with E-state index in [9.17, 15) is 8.42 Å². The Labute approximate surface area is 130 Å². The maximum atomic E-state index is 12.6. The summed E-state index contributed by atoms with van der Waals surface area (Å²) in [5.74, 6) is -0.0602. The number of benzene rings is 1. The molecule has 1 aliphatic rings. The van der Waals surface area contributed by atoms with E-state index >= 15 is 0 Å². The van der Waals surface area contributed by atoms with Crippen molar-refractivity contribution in [3.05, 3.63) is 27.7 Å². The molecule has 1 heterocycles. The predicted octanol–water partition coefficient (Wildman–Crippen LogP) is 3.85. The molecule has 2 rings (SSSR count). The van der Waals surface area contributed by atoms with Crippen molar-refractivity contribution in [1.82, 2.24) is 5.32 Å². The van der Waals surface area contributed by atoms with Crippen LogP contribution in [0.1, 0.15) is 38.8 Å². The third kappa shape index (κ3) is 2.47. The van der Waals surface area contributed by atoms with Gasteiger partial charge >= 0.3 is 0 Å². The van der Waals surface area contributed by atoms with Crippen molar-refractivity contribution in [3.8, 4) is 0 Å². The van der Waals surface area contributed by atoms with Crippen molar-refractivity contribution >= 4 is 33.0 Å². The molecule has 0 aromatic heterocycles. The minimum Gasteiger partial charge on any atom is -0.310 e. The van der Waals surface area contributed by atoms with E-state index in [2.05, 4.69) is 12.2 Å². The van der Waals surface area contributed by atoms with Gasteiger partial charge in [-0.1, -0.05) is 37.0 Å². The van der Waals surface area contributed by atoms with Crippen LogP contribution in [0.15, 0.2) is 17.0 Å². The Bertz CT molecular complexity index is 616. The van der Waals surface area contributed by atoms with E-state index in [4.69, 9.17) is 23.2 Å². The van der Waals surface area contributed by atoms with Gasteiger partial charge < -0.3 is 5.32 Å². The summed E-state index contributed by atoms with van der Waals surface area (Å²) in [6.45, 7) is 6.56. The summed E-state index contributed by atoms with van der Waals surface area (Å²) in [4.78, 5) is 0.200. The third-order valence-corrected chi connectivity index (χ3v) is 7.23. The van der Waals surface area contributed by atoms with E-state index in [0.717, 1.165) is 13.0 Å². The summed E-state index contributed by atoms with van der Waals surface area (Å²) in [5.41, 5.74) is 0.623. The van der Waals surface area contributed by atoms with Crippen LogP contribution in [0.3, 0.4) is 0 Å². The molecular formula is C14H19Cl2NO2S. The number of nitrogens with one attached hydrogen (secondary N) is 1. The summed E-state index contributed by atoms with van der Waals surface area (Å²) >= 11 is 12.4. The Morgan fingerprint density at radius 2 is 1.80 bits per heavy atom. The lowest BCUT2D eigenvalue weighted by atomic mass is 9.91. The number of hydrogen-bond acceptors (Lipinski definition) is 3. The molecule has 1 aromatic carbocycles. The van der Waals surface area contributed by atoms with Crippen LogP contribution in [0.2, 0.25) is 10.0 Å². The van der Waals surface area contributed by atoms with Crippen LogP contribution in [-0.2, 0) is 9.84 Å². The molecule has 0 saturated carbocycles. The summed E-state index contributed by atoms with van der Waals surface area (Å²) in [5, 5.41) is 3.63. The topological polar surface area (TPSA) is 46.2 Å². The summed E-state index contributed by atoms with van der Waals surface area (Å²) in [7, 11) is -3.44. The van der Waals surface area contributed by atoms with Crippen molar-refractivity contribution in [2.45, 2.75) is 43.4 Å². The Kier molecular flexibility index (Phi) is 4.69. The molecule has 0 spiro atoms. The average molecular weight is 336 g/mol. The minimum absolute atomic E-state index is 0.0602. The lowest BCUT2D eigenvalue weighted by Crippen LogP contribution is -2.42. The monoisotopic (exact) mass is 335 g/mol. The van der Waals surface area contributed by atoms with E-state index in [1.165, 1.54) is 0 Å². The fourth-order valence-electron chi connectivity index (χ4n) is 2.72. The van der Waals surface area contributed by atoms with Crippen molar-refractivity contribution in [2.24, 2.45) is 5.92 Å². The maximum absolute atomic E-state index is 12.6. The molecule has 20 heavy (non-hydrogen) atoms. The highest BCUT2D eigenvalue weighted by Gasteiger charge is 2.43. The molecule has 1 aliphatic heterocycles. The van der Waals surface area contributed by atoms with Crippen molar-refractivity contribution in [3.63, 3.8) is 0 Å². The molecule has 6 heteroatoms. The number of sulfone groups is 1. The van der Waals surface area contributed by atoms with E-state index < -0.39 is 15.1 Å². The normalized spacial score (nSPS) is 28.1. The van der Waals surface area contributed by atoms with Gasteiger partial charge in [-0.2, -0.15) is 0 Å². The van der Waals surface area contributed by atoms with E-state index in [1.54, 1.807) is 19.1 Å². The molecule has 3 atom stereocenters. The van der Waals surface area contributed by atoms with Gasteiger partial charge in [-0.25, -0.2) is 8.42 Å². The highest BCUT2D eigenvalue weighted by atomic mass is 35.5. The SMILES string of the molecule is CCCNC1c2c(Cl)ccc(Cl)c2S(=O)(=O)C(C)C1C. The average Bonchev–Trinajstić information content (AvgIpc) is 2.39. The van der Waals surface area contributed by atoms with Crippen molar-refractivity contribution < 1.29 is 8.42 Å². The first kappa shape index (κ1) is 16.1. The lowest BCUT2D eigenvalue weighted by Gasteiger charge is -2.37. The minimum atomic E-state index is -3.44. The van der Waals surface area contributed by atoms with E-state index in [1.807, 2.05) is 6.92 Å². The molecule has 0 fully saturated rings. The molecule has 3 nitrogen and oxygen atoms in total. The van der Waals surface area contributed by atoms with Gasteiger partial charge in [-0.05, 0) is 37.9 Å². The molecule has 112 valence electrons. The number of halogens is 2. The van der Waals surface area contributed by atoms with Gasteiger partial charge in [0.1, 0.15) is 0 Å². The van der Waals surface area contributed by atoms with Crippen LogP contribution in [0, 0.1) is 5.92 Å². The van der Waals surface area contributed by atoms with Crippen LogP contribution in [-0.4, -0.2) is 20.2 Å². The first-order valence-electron chi connectivity index (χ1n) is 6.77. The molecular weight excluding hydrogens is 317 g/mol. The zero-order valence-corrected chi connectivity index (χ0v) is 14.1. The number of hydrogen-bond donors (Lipinski definition) is 1. The zero-order valence-electron chi connectivity index (χ0n) is 11.8. The van der Waals surface area contributed by atoms with Crippen LogP contribution in [0.4, 0.5) is 0 Å². The van der Waals surface area contributed by atoms with Gasteiger partial charge in [0.25, 0.3) is 0 Å². The first-order chi connectivity index (χ1) is 9.32. The largest absolute Gasteiger partial charge is 0.310 e. The van der Waals surface area contributed by atoms with Crippen LogP contribution >= 0.6 is 23.2 Å². The van der Waals surface area contributed by atoms with Crippen LogP contribution in [0.25, 0.3) is 0 Å². The highest BCUT2D eigenvalue weighted by molar-refractivity contribution is 7.92. The second kappa shape index (κ2) is 5.84. The number of rotatable bonds is 3. The Morgan fingerprint density at radius 1 is 1.20 bits per heavy atom. The second-order valence-corrected chi connectivity index (χ2v) is 8.37. The van der Waals surface area contributed by atoms with Crippen LogP contribution in [0.5, 0.6) is 0 Å². The summed E-state index contributed by atoms with van der Waals surface area (Å²) in [6, 6.07) is 3.14. The maximum Gasteiger partial charge on any atom is 0.183 e. The van der Waals surface area contributed by atoms with Crippen molar-refractivity contribution in [2.75, 3.05) is 6.54 Å². The predicted molar refractivity (Wildman–Crippen MR) is 83.3 cm³/mol. The van der Waals surface area contributed by atoms with E-state index in [-0.39, 0.29) is 21.9 Å². The van der Waals surface area contributed by atoms with Crippen molar-refractivity contribution in [1.29, 1.82) is 0 Å². The molecule has 0 saturated heterocycles. The second-order valence-electron chi connectivity index (χ2n) is 5.31. The van der Waals surface area contributed by atoms with Gasteiger partial charge in [-0.3, -0.25) is 0 Å².